The van der Waals surface area contributed by atoms with Crippen LogP contribution in [0.1, 0.15) is 53.4 Å². The zero-order valence-corrected chi connectivity index (χ0v) is 12.2. The highest BCUT2D eigenvalue weighted by atomic mass is 16.6. The van der Waals surface area contributed by atoms with Crippen LogP contribution in [0.4, 0.5) is 4.79 Å². The lowest BCUT2D eigenvalue weighted by Gasteiger charge is -2.31. The summed E-state index contributed by atoms with van der Waals surface area (Å²) >= 11 is 0. The number of ether oxygens (including phenoxy) is 1. The first-order valence-corrected chi connectivity index (χ1v) is 6.91. The van der Waals surface area contributed by atoms with Crippen LogP contribution in [0.25, 0.3) is 0 Å². The number of nitrogens with one attached hydrogen (secondary N) is 1. The van der Waals surface area contributed by atoms with Crippen molar-refractivity contribution in [2.75, 3.05) is 0 Å². The standard InChI is InChI=1S/C14H25NO4/c1-9(15-13(18)19-14(2,3)4)10-5-7-11(8-6-10)12(16)17/h9-11H,5-8H2,1-4H3,(H,15,18)(H,16,17)/t9-,10-,11-/m0/s1. The van der Waals surface area contributed by atoms with Gasteiger partial charge in [0.2, 0.25) is 0 Å². The van der Waals surface area contributed by atoms with Crippen molar-refractivity contribution < 1.29 is 19.4 Å². The first-order chi connectivity index (χ1) is 8.69. The van der Waals surface area contributed by atoms with Gasteiger partial charge in [-0.25, -0.2) is 4.79 Å². The summed E-state index contributed by atoms with van der Waals surface area (Å²) in [5.74, 6) is -0.584. The molecule has 0 aromatic carbocycles. The summed E-state index contributed by atoms with van der Waals surface area (Å²) in [7, 11) is 0. The maximum Gasteiger partial charge on any atom is 0.407 e. The second-order valence-electron chi connectivity index (χ2n) is 6.38. The van der Waals surface area contributed by atoms with Crippen molar-refractivity contribution >= 4 is 12.1 Å². The molecule has 0 saturated heterocycles. The smallest absolute Gasteiger partial charge is 0.407 e. The number of carboxylic acid groups (broad SMARTS) is 1. The largest absolute Gasteiger partial charge is 0.481 e. The predicted octanol–water partition coefficient (Wildman–Crippen LogP) is 2.79. The van der Waals surface area contributed by atoms with Crippen molar-refractivity contribution in [1.29, 1.82) is 0 Å². The normalized spacial score (nSPS) is 25.5. The summed E-state index contributed by atoms with van der Waals surface area (Å²) in [4.78, 5) is 22.5. The third-order valence-corrected chi connectivity index (χ3v) is 3.57. The van der Waals surface area contributed by atoms with Gasteiger partial charge in [-0.15, -0.1) is 0 Å². The molecular formula is C14H25NO4. The minimum Gasteiger partial charge on any atom is -0.481 e. The fourth-order valence-corrected chi connectivity index (χ4v) is 2.48. The summed E-state index contributed by atoms with van der Waals surface area (Å²) in [5.41, 5.74) is -0.495. The monoisotopic (exact) mass is 271 g/mol. The first kappa shape index (κ1) is 15.8. The number of carboxylic acids is 1. The summed E-state index contributed by atoms with van der Waals surface area (Å²) in [6.07, 6.45) is 2.67. The van der Waals surface area contributed by atoms with Crippen LogP contribution in [0.15, 0.2) is 0 Å². The number of amides is 1. The fraction of sp³-hybridized carbons (Fsp3) is 0.857. The van der Waals surface area contributed by atoms with E-state index in [-0.39, 0.29) is 12.0 Å². The van der Waals surface area contributed by atoms with Gasteiger partial charge in [0.05, 0.1) is 5.92 Å². The van der Waals surface area contributed by atoms with E-state index in [1.54, 1.807) is 0 Å². The molecule has 1 rings (SSSR count). The van der Waals surface area contributed by atoms with Gasteiger partial charge in [-0.05, 0) is 59.3 Å². The second-order valence-corrected chi connectivity index (χ2v) is 6.38. The zero-order chi connectivity index (χ0) is 14.6. The number of aliphatic carboxylic acids is 1. The maximum atomic E-state index is 11.7. The number of hydrogen-bond acceptors (Lipinski definition) is 3. The van der Waals surface area contributed by atoms with E-state index in [2.05, 4.69) is 5.32 Å². The summed E-state index contributed by atoms with van der Waals surface area (Å²) in [5, 5.41) is 11.8. The van der Waals surface area contributed by atoms with Crippen LogP contribution < -0.4 is 5.32 Å². The van der Waals surface area contributed by atoms with E-state index in [4.69, 9.17) is 9.84 Å². The Bertz CT molecular complexity index is 327. The van der Waals surface area contributed by atoms with Crippen LogP contribution in [-0.2, 0) is 9.53 Å². The highest BCUT2D eigenvalue weighted by Gasteiger charge is 2.30. The molecule has 1 aliphatic carbocycles. The molecule has 1 fully saturated rings. The van der Waals surface area contributed by atoms with E-state index < -0.39 is 17.7 Å². The molecule has 0 heterocycles. The van der Waals surface area contributed by atoms with Gasteiger partial charge in [0.1, 0.15) is 5.60 Å². The average molecular weight is 271 g/mol. The van der Waals surface area contributed by atoms with Crippen LogP contribution in [0.5, 0.6) is 0 Å². The average Bonchev–Trinajstić information content (AvgIpc) is 2.26. The molecule has 0 spiro atoms. The molecule has 5 heteroatoms. The molecular weight excluding hydrogens is 246 g/mol. The van der Waals surface area contributed by atoms with Gasteiger partial charge < -0.3 is 15.2 Å². The quantitative estimate of drug-likeness (QED) is 0.827. The Hall–Kier alpha value is -1.26. The third-order valence-electron chi connectivity index (χ3n) is 3.57. The molecule has 0 aliphatic heterocycles. The van der Waals surface area contributed by atoms with E-state index >= 15 is 0 Å². The van der Waals surface area contributed by atoms with Crippen LogP contribution in [0.3, 0.4) is 0 Å². The van der Waals surface area contributed by atoms with Crippen LogP contribution in [0, 0.1) is 11.8 Å². The van der Waals surface area contributed by atoms with Gasteiger partial charge in [-0.1, -0.05) is 0 Å². The summed E-state index contributed by atoms with van der Waals surface area (Å²) < 4.78 is 5.21. The van der Waals surface area contributed by atoms with Crippen molar-refractivity contribution in [1.82, 2.24) is 5.32 Å². The zero-order valence-electron chi connectivity index (χ0n) is 12.2. The van der Waals surface area contributed by atoms with Gasteiger partial charge in [0.25, 0.3) is 0 Å². The minimum atomic E-state index is -0.703. The minimum absolute atomic E-state index is 0.0181. The lowest BCUT2D eigenvalue weighted by Crippen LogP contribution is -2.42. The third kappa shape index (κ3) is 5.49. The Balaban J connectivity index is 2.37. The summed E-state index contributed by atoms with van der Waals surface area (Å²) in [6.45, 7) is 7.44. The highest BCUT2D eigenvalue weighted by molar-refractivity contribution is 5.70. The number of carbonyl (C=O) groups is 2. The van der Waals surface area contributed by atoms with Crippen molar-refractivity contribution in [3.63, 3.8) is 0 Å². The molecule has 1 aliphatic rings. The molecule has 2 N–H and O–H groups in total. The Kier molecular flexibility index (Phi) is 5.20. The van der Waals surface area contributed by atoms with Crippen molar-refractivity contribution in [2.45, 2.75) is 65.0 Å². The molecule has 1 saturated carbocycles. The van der Waals surface area contributed by atoms with Crippen LogP contribution in [-0.4, -0.2) is 28.8 Å². The lowest BCUT2D eigenvalue weighted by molar-refractivity contribution is -0.143. The van der Waals surface area contributed by atoms with Crippen molar-refractivity contribution in [3.8, 4) is 0 Å². The van der Waals surface area contributed by atoms with Crippen LogP contribution in [0.2, 0.25) is 0 Å². The van der Waals surface area contributed by atoms with Crippen molar-refractivity contribution in [3.05, 3.63) is 0 Å². The van der Waals surface area contributed by atoms with E-state index in [9.17, 15) is 9.59 Å². The molecule has 0 bridgehead atoms. The topological polar surface area (TPSA) is 75.6 Å². The molecule has 1 atom stereocenters. The Morgan fingerprint density at radius 1 is 1.21 bits per heavy atom. The fourth-order valence-electron chi connectivity index (χ4n) is 2.48. The second kappa shape index (κ2) is 6.26. The van der Waals surface area contributed by atoms with E-state index in [1.807, 2.05) is 27.7 Å². The molecule has 5 nitrogen and oxygen atoms in total. The van der Waals surface area contributed by atoms with Crippen molar-refractivity contribution in [2.24, 2.45) is 11.8 Å². The van der Waals surface area contributed by atoms with Gasteiger partial charge in [-0.2, -0.15) is 0 Å². The van der Waals surface area contributed by atoms with E-state index in [0.29, 0.717) is 18.8 Å². The SMILES string of the molecule is C[C@H](NC(=O)OC(C)(C)C)[C@H]1CC[C@H](C(=O)O)CC1. The first-order valence-electron chi connectivity index (χ1n) is 6.91. The molecule has 110 valence electrons. The lowest BCUT2D eigenvalue weighted by atomic mass is 9.79. The van der Waals surface area contributed by atoms with Crippen LogP contribution >= 0.6 is 0 Å². The van der Waals surface area contributed by atoms with E-state index in [0.717, 1.165) is 12.8 Å². The molecule has 0 aromatic rings. The van der Waals surface area contributed by atoms with E-state index in [1.165, 1.54) is 0 Å². The molecule has 19 heavy (non-hydrogen) atoms. The Morgan fingerprint density at radius 3 is 2.16 bits per heavy atom. The molecule has 0 radical (unpaired) electrons. The van der Waals surface area contributed by atoms with Gasteiger partial charge in [0, 0.05) is 6.04 Å². The predicted molar refractivity (Wildman–Crippen MR) is 71.9 cm³/mol. The Labute approximate surface area is 114 Å². The molecule has 0 aromatic heterocycles. The molecule has 1 amide bonds. The van der Waals surface area contributed by atoms with Gasteiger partial charge >= 0.3 is 12.1 Å². The number of rotatable bonds is 3. The highest BCUT2D eigenvalue weighted by Crippen LogP contribution is 2.31. The summed E-state index contributed by atoms with van der Waals surface area (Å²) in [6, 6.07) is 0.0181. The number of hydrogen-bond donors (Lipinski definition) is 2. The number of carbonyl (C=O) groups excluding carboxylic acids is 1. The van der Waals surface area contributed by atoms with Gasteiger partial charge in [-0.3, -0.25) is 4.79 Å². The molecule has 0 unspecified atom stereocenters. The number of alkyl carbamates (subject to hydrolysis) is 1. The van der Waals surface area contributed by atoms with Gasteiger partial charge in [0.15, 0.2) is 0 Å². The maximum absolute atomic E-state index is 11.7. The Morgan fingerprint density at radius 2 is 1.74 bits per heavy atom.